The Morgan fingerprint density at radius 2 is 1.77 bits per heavy atom. The van der Waals surface area contributed by atoms with Gasteiger partial charge in [0.05, 0.1) is 29.5 Å². The summed E-state index contributed by atoms with van der Waals surface area (Å²) >= 11 is 8.24. The molecule has 0 saturated heterocycles. The summed E-state index contributed by atoms with van der Waals surface area (Å²) in [4.78, 5) is 28.5. The van der Waals surface area contributed by atoms with E-state index >= 15 is 0 Å². The maximum Gasteiger partial charge on any atom is 0.240 e. The Morgan fingerprint density at radius 3 is 2.45 bits per heavy atom. The molecular weight excluding hydrogens is 544 g/mol. The molecule has 9 heteroatoms. The second-order valence-corrected chi connectivity index (χ2v) is 11.5. The molecule has 7 nitrogen and oxygen atoms in total. The smallest absolute Gasteiger partial charge is 0.240 e. The van der Waals surface area contributed by atoms with Gasteiger partial charge in [-0.1, -0.05) is 74.0 Å². The molecule has 0 radical (unpaired) electrons. The van der Waals surface area contributed by atoms with Crippen LogP contribution in [0.25, 0.3) is 16.9 Å². The fourth-order valence-electron chi connectivity index (χ4n) is 4.68. The Labute approximate surface area is 243 Å². The number of benzene rings is 3. The van der Waals surface area contributed by atoms with Crippen LogP contribution < -0.4 is 15.0 Å². The zero-order chi connectivity index (χ0) is 28.2. The minimum Gasteiger partial charge on any atom is -0.497 e. The number of nitrogens with one attached hydrogen (secondary N) is 1. The van der Waals surface area contributed by atoms with Crippen LogP contribution in [-0.4, -0.2) is 47.5 Å². The first-order chi connectivity index (χ1) is 19.4. The number of fused-ring (bicyclic) bond motifs is 1. The summed E-state index contributed by atoms with van der Waals surface area (Å²) < 4.78 is 7.14. The second-order valence-electron chi connectivity index (χ2n) is 9.95. The number of aromatic nitrogens is 2. The molecule has 0 saturated carbocycles. The van der Waals surface area contributed by atoms with E-state index in [0.29, 0.717) is 23.1 Å². The number of anilines is 1. The molecule has 0 fully saturated rings. The number of rotatable bonds is 8. The van der Waals surface area contributed by atoms with Crippen LogP contribution in [0.2, 0.25) is 5.02 Å². The van der Waals surface area contributed by atoms with Crippen molar-refractivity contribution >= 4 is 41.0 Å². The van der Waals surface area contributed by atoms with Gasteiger partial charge in [-0.25, -0.2) is 4.68 Å². The van der Waals surface area contributed by atoms with E-state index in [1.807, 2.05) is 92.7 Å². The molecule has 0 aliphatic carbocycles. The SMILES string of the molecule is COc1ccc(-n2nc(-c3ccccc3)c3c2N(CC(=O)NCC(C)C)C(=O)CS[C@@H]3c2ccccc2Cl)cc1. The number of hydrogen-bond acceptors (Lipinski definition) is 5. The molecule has 1 aromatic heterocycles. The summed E-state index contributed by atoms with van der Waals surface area (Å²) in [5.41, 5.74) is 4.10. The molecule has 206 valence electrons. The lowest BCUT2D eigenvalue weighted by Gasteiger charge is -2.23. The van der Waals surface area contributed by atoms with Gasteiger partial charge in [0.2, 0.25) is 11.8 Å². The standard InChI is InChI=1S/C31H31ClN4O3S/c1-20(2)17-33-26(37)18-35-27(38)19-40-30(24-11-7-8-12-25(24)32)28-29(21-9-5-4-6-10-21)34-36(31(28)35)22-13-15-23(39-3)16-14-22/h4-16,20,30H,17-19H2,1-3H3,(H,33,37)/t30-/m1/s1. The Balaban J connectivity index is 1.77. The van der Waals surface area contributed by atoms with Crippen LogP contribution in [0.5, 0.6) is 5.75 Å². The van der Waals surface area contributed by atoms with Crippen molar-refractivity contribution < 1.29 is 14.3 Å². The Bertz CT molecular complexity index is 1510. The van der Waals surface area contributed by atoms with Gasteiger partial charge in [-0.2, -0.15) is 5.10 Å². The molecule has 5 rings (SSSR count). The largest absolute Gasteiger partial charge is 0.497 e. The number of hydrogen-bond donors (Lipinski definition) is 1. The van der Waals surface area contributed by atoms with Crippen LogP contribution >= 0.6 is 23.4 Å². The van der Waals surface area contributed by atoms with Gasteiger partial charge in [0.25, 0.3) is 0 Å². The normalized spacial score (nSPS) is 15.1. The quantitative estimate of drug-likeness (QED) is 0.273. The predicted octanol–water partition coefficient (Wildman–Crippen LogP) is 6.14. The number of carbonyl (C=O) groups is 2. The van der Waals surface area contributed by atoms with Crippen molar-refractivity contribution in [2.24, 2.45) is 5.92 Å². The lowest BCUT2D eigenvalue weighted by atomic mass is 9.99. The molecule has 0 spiro atoms. The van der Waals surface area contributed by atoms with Crippen LogP contribution in [-0.2, 0) is 9.59 Å². The topological polar surface area (TPSA) is 76.5 Å². The maximum absolute atomic E-state index is 13.8. The first-order valence-electron chi connectivity index (χ1n) is 13.1. The first-order valence-corrected chi connectivity index (χ1v) is 14.6. The lowest BCUT2D eigenvalue weighted by Crippen LogP contribution is -2.43. The molecule has 3 aromatic carbocycles. The third kappa shape index (κ3) is 5.74. The highest BCUT2D eigenvalue weighted by Gasteiger charge is 2.38. The van der Waals surface area contributed by atoms with Crippen molar-refractivity contribution in [3.05, 3.63) is 95.0 Å². The van der Waals surface area contributed by atoms with Crippen molar-refractivity contribution in [1.29, 1.82) is 0 Å². The summed E-state index contributed by atoms with van der Waals surface area (Å²) in [5, 5.41) is 8.37. The van der Waals surface area contributed by atoms with Crippen LogP contribution in [0.4, 0.5) is 5.82 Å². The number of halogens is 1. The number of amides is 2. The summed E-state index contributed by atoms with van der Waals surface area (Å²) in [5.74, 6) is 1.33. The third-order valence-corrected chi connectivity index (χ3v) is 8.23. The third-order valence-electron chi connectivity index (χ3n) is 6.65. The Morgan fingerprint density at radius 1 is 1.07 bits per heavy atom. The van der Waals surface area contributed by atoms with Crippen LogP contribution in [0.15, 0.2) is 78.9 Å². The summed E-state index contributed by atoms with van der Waals surface area (Å²) in [6.45, 7) is 4.47. The molecule has 1 aliphatic heterocycles. The van der Waals surface area contributed by atoms with E-state index < -0.39 is 0 Å². The molecule has 2 amide bonds. The second kappa shape index (κ2) is 12.2. The first kappa shape index (κ1) is 27.8. The van der Waals surface area contributed by atoms with Crippen molar-refractivity contribution in [3.63, 3.8) is 0 Å². The number of methoxy groups -OCH3 is 1. The van der Waals surface area contributed by atoms with E-state index in [-0.39, 0.29) is 35.3 Å². The van der Waals surface area contributed by atoms with Crippen molar-refractivity contribution in [2.75, 3.05) is 30.9 Å². The monoisotopic (exact) mass is 574 g/mol. The maximum atomic E-state index is 13.8. The average molecular weight is 575 g/mol. The van der Waals surface area contributed by atoms with Crippen LogP contribution in [0.3, 0.4) is 0 Å². The fourth-order valence-corrected chi connectivity index (χ4v) is 6.23. The van der Waals surface area contributed by atoms with E-state index in [2.05, 4.69) is 5.32 Å². The van der Waals surface area contributed by atoms with Gasteiger partial charge in [-0.3, -0.25) is 14.5 Å². The van der Waals surface area contributed by atoms with Gasteiger partial charge in [0.15, 0.2) is 0 Å². The molecule has 0 unspecified atom stereocenters. The van der Waals surface area contributed by atoms with Gasteiger partial charge in [-0.15, -0.1) is 11.8 Å². The Kier molecular flexibility index (Phi) is 8.47. The van der Waals surface area contributed by atoms with Gasteiger partial charge in [0, 0.05) is 22.7 Å². The highest BCUT2D eigenvalue weighted by molar-refractivity contribution is 8.00. The average Bonchev–Trinajstić information content (AvgIpc) is 3.30. The lowest BCUT2D eigenvalue weighted by molar-refractivity contribution is -0.123. The molecule has 2 heterocycles. The fraction of sp³-hybridized carbons (Fsp3) is 0.258. The number of carbonyl (C=O) groups excluding carboxylic acids is 2. The van der Waals surface area contributed by atoms with E-state index in [4.69, 9.17) is 21.4 Å². The molecule has 0 bridgehead atoms. The summed E-state index contributed by atoms with van der Waals surface area (Å²) in [6, 6.07) is 25.1. The van der Waals surface area contributed by atoms with Crippen molar-refractivity contribution in [1.82, 2.24) is 15.1 Å². The van der Waals surface area contributed by atoms with E-state index in [1.165, 1.54) is 11.8 Å². The van der Waals surface area contributed by atoms with Gasteiger partial charge < -0.3 is 10.1 Å². The van der Waals surface area contributed by atoms with Gasteiger partial charge >= 0.3 is 0 Å². The minimum atomic E-state index is -0.293. The summed E-state index contributed by atoms with van der Waals surface area (Å²) in [6.07, 6.45) is 0. The van der Waals surface area contributed by atoms with Gasteiger partial charge in [0.1, 0.15) is 18.1 Å². The predicted molar refractivity (Wildman–Crippen MR) is 162 cm³/mol. The number of thioether (sulfide) groups is 1. The summed E-state index contributed by atoms with van der Waals surface area (Å²) in [7, 11) is 1.62. The zero-order valence-electron chi connectivity index (χ0n) is 22.6. The van der Waals surface area contributed by atoms with Gasteiger partial charge in [-0.05, 0) is 41.8 Å². The van der Waals surface area contributed by atoms with Crippen molar-refractivity contribution in [2.45, 2.75) is 19.1 Å². The highest BCUT2D eigenvalue weighted by atomic mass is 35.5. The van der Waals surface area contributed by atoms with Crippen LogP contribution in [0.1, 0.15) is 30.2 Å². The number of nitrogens with zero attached hydrogens (tertiary/aromatic N) is 3. The molecule has 1 N–H and O–H groups in total. The Hall–Kier alpha value is -3.75. The van der Waals surface area contributed by atoms with E-state index in [1.54, 1.807) is 16.7 Å². The highest BCUT2D eigenvalue weighted by Crippen LogP contribution is 2.49. The molecule has 4 aromatic rings. The minimum absolute atomic E-state index is 0.121. The molecule has 40 heavy (non-hydrogen) atoms. The van der Waals surface area contributed by atoms with E-state index in [9.17, 15) is 9.59 Å². The van der Waals surface area contributed by atoms with Crippen LogP contribution in [0, 0.1) is 5.92 Å². The molecular formula is C31H31ClN4O3S. The van der Waals surface area contributed by atoms with E-state index in [0.717, 1.165) is 28.1 Å². The zero-order valence-corrected chi connectivity index (χ0v) is 24.2. The molecule has 1 aliphatic rings. The molecule has 1 atom stereocenters. The van der Waals surface area contributed by atoms with Crippen molar-refractivity contribution in [3.8, 4) is 22.7 Å². The number of ether oxygens (including phenoxy) is 1.